The van der Waals surface area contributed by atoms with E-state index in [1.807, 2.05) is 0 Å². The summed E-state index contributed by atoms with van der Waals surface area (Å²) in [5.74, 6) is 1.58. The first-order chi connectivity index (χ1) is 11.7. The molecule has 0 saturated heterocycles. The van der Waals surface area contributed by atoms with E-state index < -0.39 is 12.1 Å². The number of esters is 1. The molecule has 3 heterocycles. The van der Waals surface area contributed by atoms with Crippen molar-refractivity contribution in [2.75, 3.05) is 0 Å². The van der Waals surface area contributed by atoms with Gasteiger partial charge in [-0.3, -0.25) is 4.57 Å². The molecule has 8 nitrogen and oxygen atoms in total. The van der Waals surface area contributed by atoms with Gasteiger partial charge in [-0.05, 0) is 31.9 Å². The van der Waals surface area contributed by atoms with Crippen LogP contribution in [0.1, 0.15) is 53.9 Å². The van der Waals surface area contributed by atoms with Crippen LogP contribution in [-0.2, 0) is 4.74 Å². The number of carbonyl (C=O) groups is 1. The van der Waals surface area contributed by atoms with Crippen LogP contribution in [0.5, 0.6) is 0 Å². The van der Waals surface area contributed by atoms with Crippen LogP contribution in [0.2, 0.25) is 0 Å². The largest absolute Gasteiger partial charge is 0.449 e. The number of rotatable bonds is 5. The Kier molecular flexibility index (Phi) is 3.56. The zero-order valence-corrected chi connectivity index (χ0v) is 13.0. The number of aromatic nitrogens is 5. The van der Waals surface area contributed by atoms with Crippen molar-refractivity contribution >= 4 is 5.97 Å². The molecule has 0 spiro atoms. The lowest BCUT2D eigenvalue weighted by atomic mass is 10.3. The monoisotopic (exact) mass is 325 g/mol. The van der Waals surface area contributed by atoms with E-state index in [0.717, 1.165) is 12.8 Å². The zero-order valence-electron chi connectivity index (χ0n) is 13.0. The molecule has 0 radical (unpaired) electrons. The summed E-state index contributed by atoms with van der Waals surface area (Å²) in [4.78, 5) is 24.7. The van der Waals surface area contributed by atoms with Crippen molar-refractivity contribution in [2.24, 2.45) is 0 Å². The van der Waals surface area contributed by atoms with E-state index in [0.29, 0.717) is 29.0 Å². The van der Waals surface area contributed by atoms with E-state index in [9.17, 15) is 4.79 Å². The molecular formula is C16H15N5O3. The van der Waals surface area contributed by atoms with Gasteiger partial charge in [0.1, 0.15) is 12.1 Å². The number of pyridine rings is 1. The molecule has 0 aliphatic heterocycles. The highest BCUT2D eigenvalue weighted by atomic mass is 16.6. The lowest BCUT2D eigenvalue weighted by Gasteiger charge is -2.09. The highest BCUT2D eigenvalue weighted by Crippen LogP contribution is 2.38. The standard InChI is InChI=1S/C16H15N5O3/c1-10(15-19-14(20-24-15)11-2-3-11)23-16(22)12-4-5-13(18-8-12)21-7-6-17-9-21/h4-11H,2-3H2,1H3/t10-/m0/s1. The summed E-state index contributed by atoms with van der Waals surface area (Å²) in [5.41, 5.74) is 0.354. The van der Waals surface area contributed by atoms with Crippen molar-refractivity contribution in [3.05, 3.63) is 54.3 Å². The Morgan fingerprint density at radius 3 is 2.96 bits per heavy atom. The molecule has 8 heteroatoms. The number of hydrogen-bond donors (Lipinski definition) is 0. The molecule has 1 saturated carbocycles. The maximum Gasteiger partial charge on any atom is 0.340 e. The Bertz CT molecular complexity index is 837. The molecule has 122 valence electrons. The fourth-order valence-corrected chi connectivity index (χ4v) is 2.25. The van der Waals surface area contributed by atoms with Crippen LogP contribution in [0.4, 0.5) is 0 Å². The summed E-state index contributed by atoms with van der Waals surface area (Å²) in [6, 6.07) is 3.38. The smallest absolute Gasteiger partial charge is 0.340 e. The summed E-state index contributed by atoms with van der Waals surface area (Å²) in [5, 5.41) is 3.92. The van der Waals surface area contributed by atoms with Crippen LogP contribution in [0.25, 0.3) is 5.82 Å². The Balaban J connectivity index is 1.43. The number of hydrogen-bond acceptors (Lipinski definition) is 7. The third-order valence-corrected chi connectivity index (χ3v) is 3.78. The summed E-state index contributed by atoms with van der Waals surface area (Å²) >= 11 is 0. The third-order valence-electron chi connectivity index (χ3n) is 3.78. The van der Waals surface area contributed by atoms with E-state index in [1.165, 1.54) is 6.20 Å². The molecule has 3 aromatic rings. The lowest BCUT2D eigenvalue weighted by molar-refractivity contribution is 0.0265. The predicted octanol–water partition coefficient (Wildman–Crippen LogP) is 2.45. The van der Waals surface area contributed by atoms with Crippen molar-refractivity contribution in [1.29, 1.82) is 0 Å². The first-order valence-corrected chi connectivity index (χ1v) is 7.69. The van der Waals surface area contributed by atoms with Gasteiger partial charge in [0.2, 0.25) is 0 Å². The number of imidazole rings is 1. The third kappa shape index (κ3) is 2.90. The van der Waals surface area contributed by atoms with Gasteiger partial charge >= 0.3 is 5.97 Å². The van der Waals surface area contributed by atoms with Crippen LogP contribution in [0.15, 0.2) is 41.6 Å². The molecule has 1 atom stereocenters. The van der Waals surface area contributed by atoms with Crippen molar-refractivity contribution in [1.82, 2.24) is 24.7 Å². The molecule has 0 amide bonds. The maximum absolute atomic E-state index is 12.2. The molecule has 24 heavy (non-hydrogen) atoms. The second-order valence-electron chi connectivity index (χ2n) is 5.69. The van der Waals surface area contributed by atoms with Crippen LogP contribution < -0.4 is 0 Å². The molecule has 1 fully saturated rings. The fourth-order valence-electron chi connectivity index (χ4n) is 2.25. The number of ether oxygens (including phenoxy) is 1. The first-order valence-electron chi connectivity index (χ1n) is 7.69. The molecule has 4 rings (SSSR count). The van der Waals surface area contributed by atoms with Gasteiger partial charge in [0, 0.05) is 24.5 Å². The van der Waals surface area contributed by atoms with Crippen molar-refractivity contribution < 1.29 is 14.1 Å². The predicted molar refractivity (Wildman–Crippen MR) is 81.5 cm³/mol. The summed E-state index contributed by atoms with van der Waals surface area (Å²) in [6.45, 7) is 1.70. The Hall–Kier alpha value is -3.03. The fraction of sp³-hybridized carbons (Fsp3) is 0.312. The average molecular weight is 325 g/mol. The Labute approximate surface area is 137 Å². The average Bonchev–Trinajstić information content (AvgIpc) is 3.12. The van der Waals surface area contributed by atoms with Crippen LogP contribution >= 0.6 is 0 Å². The molecule has 3 aromatic heterocycles. The zero-order chi connectivity index (χ0) is 16.5. The van der Waals surface area contributed by atoms with Gasteiger partial charge < -0.3 is 9.26 Å². The molecule has 1 aliphatic rings. The SMILES string of the molecule is C[C@H](OC(=O)c1ccc(-n2ccnc2)nc1)c1nc(C2CC2)no1. The van der Waals surface area contributed by atoms with E-state index in [-0.39, 0.29) is 0 Å². The van der Waals surface area contributed by atoms with Crippen LogP contribution in [-0.4, -0.2) is 30.6 Å². The Morgan fingerprint density at radius 2 is 2.29 bits per heavy atom. The second-order valence-corrected chi connectivity index (χ2v) is 5.69. The first kappa shape index (κ1) is 14.6. The Morgan fingerprint density at radius 1 is 1.42 bits per heavy atom. The second kappa shape index (κ2) is 5.88. The minimum absolute atomic E-state index is 0.313. The molecule has 0 aromatic carbocycles. The number of nitrogens with zero attached hydrogens (tertiary/aromatic N) is 5. The summed E-state index contributed by atoms with van der Waals surface area (Å²) in [7, 11) is 0. The van der Waals surface area contributed by atoms with Gasteiger partial charge in [-0.25, -0.2) is 14.8 Å². The van der Waals surface area contributed by atoms with E-state index in [1.54, 1.807) is 42.3 Å². The highest BCUT2D eigenvalue weighted by molar-refractivity contribution is 5.89. The molecule has 0 bridgehead atoms. The van der Waals surface area contributed by atoms with Crippen molar-refractivity contribution in [3.63, 3.8) is 0 Å². The van der Waals surface area contributed by atoms with Gasteiger partial charge in [-0.2, -0.15) is 4.98 Å². The van der Waals surface area contributed by atoms with Gasteiger partial charge in [0.25, 0.3) is 5.89 Å². The summed E-state index contributed by atoms with van der Waals surface area (Å²) in [6.07, 6.45) is 8.10. The highest BCUT2D eigenvalue weighted by Gasteiger charge is 2.30. The minimum atomic E-state index is -0.606. The van der Waals surface area contributed by atoms with Crippen molar-refractivity contribution in [3.8, 4) is 5.82 Å². The maximum atomic E-state index is 12.2. The molecule has 0 N–H and O–H groups in total. The normalized spacial score (nSPS) is 15.2. The van der Waals surface area contributed by atoms with Crippen LogP contribution in [0, 0.1) is 0 Å². The summed E-state index contributed by atoms with van der Waals surface area (Å²) < 4.78 is 12.3. The quantitative estimate of drug-likeness (QED) is 0.665. The topological polar surface area (TPSA) is 95.9 Å². The molecule has 1 aliphatic carbocycles. The van der Waals surface area contributed by atoms with Crippen molar-refractivity contribution in [2.45, 2.75) is 31.8 Å². The minimum Gasteiger partial charge on any atom is -0.449 e. The lowest BCUT2D eigenvalue weighted by Crippen LogP contribution is -2.10. The van der Waals surface area contributed by atoms with E-state index in [4.69, 9.17) is 9.26 Å². The van der Waals surface area contributed by atoms with Gasteiger partial charge in [-0.15, -0.1) is 0 Å². The van der Waals surface area contributed by atoms with E-state index in [2.05, 4.69) is 20.1 Å². The van der Waals surface area contributed by atoms with Crippen LogP contribution in [0.3, 0.4) is 0 Å². The van der Waals surface area contributed by atoms with Gasteiger partial charge in [0.05, 0.1) is 5.56 Å². The molecular weight excluding hydrogens is 310 g/mol. The van der Waals surface area contributed by atoms with E-state index >= 15 is 0 Å². The molecule has 0 unspecified atom stereocenters. The van der Waals surface area contributed by atoms with Gasteiger partial charge in [-0.1, -0.05) is 5.16 Å². The number of carbonyl (C=O) groups excluding carboxylic acids is 1. The van der Waals surface area contributed by atoms with Gasteiger partial charge in [0.15, 0.2) is 11.9 Å².